The Hall–Kier alpha value is -2.60. The summed E-state index contributed by atoms with van der Waals surface area (Å²) in [4.78, 5) is 28.0. The second-order valence-electron chi connectivity index (χ2n) is 6.36. The van der Waals surface area contributed by atoms with Gasteiger partial charge in [-0.15, -0.1) is 0 Å². The molecule has 4 rings (SSSR count). The van der Waals surface area contributed by atoms with Gasteiger partial charge < -0.3 is 0 Å². The van der Waals surface area contributed by atoms with Crippen LogP contribution in [0.5, 0.6) is 0 Å². The summed E-state index contributed by atoms with van der Waals surface area (Å²) in [6.07, 6.45) is 1.03. The predicted molar refractivity (Wildman–Crippen MR) is 86.9 cm³/mol. The summed E-state index contributed by atoms with van der Waals surface area (Å²) >= 11 is 0. The zero-order valence-corrected chi connectivity index (χ0v) is 13.5. The molecule has 2 heterocycles. The van der Waals surface area contributed by atoms with Crippen LogP contribution in [0.15, 0.2) is 36.4 Å². The monoisotopic (exact) mass is 342 g/mol. The molecule has 1 saturated heterocycles. The molecule has 0 spiro atoms. The van der Waals surface area contributed by atoms with Crippen LogP contribution in [0.3, 0.4) is 0 Å². The Bertz CT molecular complexity index is 843. The highest BCUT2D eigenvalue weighted by Gasteiger charge is 2.36. The van der Waals surface area contributed by atoms with Gasteiger partial charge in [0, 0.05) is 17.7 Å². The highest BCUT2D eigenvalue weighted by molar-refractivity contribution is 6.21. The topological polar surface area (TPSA) is 40.6 Å². The van der Waals surface area contributed by atoms with E-state index in [-0.39, 0.29) is 24.2 Å². The van der Waals surface area contributed by atoms with Gasteiger partial charge in [0.1, 0.15) is 11.6 Å². The van der Waals surface area contributed by atoms with E-state index < -0.39 is 23.4 Å². The maximum Gasteiger partial charge on any atom is 0.261 e. The van der Waals surface area contributed by atoms with Gasteiger partial charge in [-0.05, 0) is 43.8 Å². The van der Waals surface area contributed by atoms with Crippen molar-refractivity contribution in [2.24, 2.45) is 0 Å². The fourth-order valence-electron chi connectivity index (χ4n) is 3.28. The fourth-order valence-corrected chi connectivity index (χ4v) is 3.28. The average molecular weight is 342 g/mol. The molecule has 2 amide bonds. The second kappa shape index (κ2) is 6.04. The fraction of sp³-hybridized carbons (Fsp3) is 0.263. The van der Waals surface area contributed by atoms with E-state index in [1.807, 2.05) is 4.90 Å². The number of hydrogen-bond donors (Lipinski definition) is 0. The molecule has 0 unspecified atom stereocenters. The van der Waals surface area contributed by atoms with Gasteiger partial charge in [0.05, 0.1) is 17.7 Å². The number of imide groups is 1. The van der Waals surface area contributed by atoms with Crippen LogP contribution in [0.1, 0.15) is 38.3 Å². The summed E-state index contributed by atoms with van der Waals surface area (Å²) in [5, 5.41) is 0. The SMILES string of the molecule is O=C1c2ccccc2C(=O)N1Cc1c(F)ccc(F)c1CN1CCC1. The molecule has 0 bridgehead atoms. The van der Waals surface area contributed by atoms with Crippen molar-refractivity contribution >= 4 is 11.8 Å². The van der Waals surface area contributed by atoms with E-state index in [2.05, 4.69) is 0 Å². The van der Waals surface area contributed by atoms with Gasteiger partial charge in [-0.2, -0.15) is 0 Å². The van der Waals surface area contributed by atoms with Crippen LogP contribution in [0.25, 0.3) is 0 Å². The number of carbonyl (C=O) groups is 2. The first-order valence-corrected chi connectivity index (χ1v) is 8.19. The Morgan fingerprint density at radius 3 is 1.80 bits per heavy atom. The van der Waals surface area contributed by atoms with Crippen molar-refractivity contribution in [2.45, 2.75) is 19.5 Å². The molecule has 0 aromatic heterocycles. The quantitative estimate of drug-likeness (QED) is 0.802. The Morgan fingerprint density at radius 2 is 1.32 bits per heavy atom. The lowest BCUT2D eigenvalue weighted by atomic mass is 10.0. The number of likely N-dealkylation sites (tertiary alicyclic amines) is 1. The van der Waals surface area contributed by atoms with Crippen LogP contribution < -0.4 is 0 Å². The van der Waals surface area contributed by atoms with Crippen LogP contribution in [0.4, 0.5) is 8.78 Å². The number of halogens is 2. The first-order chi connectivity index (χ1) is 12.1. The Labute approximate surface area is 143 Å². The minimum Gasteiger partial charge on any atom is -0.299 e. The van der Waals surface area contributed by atoms with Crippen molar-refractivity contribution in [1.29, 1.82) is 0 Å². The summed E-state index contributed by atoms with van der Waals surface area (Å²) < 4.78 is 28.7. The maximum atomic E-state index is 14.4. The van der Waals surface area contributed by atoms with Crippen molar-refractivity contribution in [1.82, 2.24) is 9.80 Å². The predicted octanol–water partition coefficient (Wildman–Crippen LogP) is 2.97. The summed E-state index contributed by atoms with van der Waals surface area (Å²) in [7, 11) is 0. The molecule has 2 aromatic rings. The smallest absolute Gasteiger partial charge is 0.261 e. The van der Waals surface area contributed by atoms with Crippen molar-refractivity contribution in [3.8, 4) is 0 Å². The molecule has 2 aliphatic heterocycles. The van der Waals surface area contributed by atoms with Crippen molar-refractivity contribution in [2.75, 3.05) is 13.1 Å². The highest BCUT2D eigenvalue weighted by Crippen LogP contribution is 2.28. The Kier molecular flexibility index (Phi) is 3.84. The molecule has 4 nitrogen and oxygen atoms in total. The van der Waals surface area contributed by atoms with E-state index in [4.69, 9.17) is 0 Å². The molecule has 0 N–H and O–H groups in total. The number of fused-ring (bicyclic) bond motifs is 1. The molecule has 0 radical (unpaired) electrons. The summed E-state index contributed by atoms with van der Waals surface area (Å²) in [5.41, 5.74) is 0.889. The van der Waals surface area contributed by atoms with Gasteiger partial charge in [-0.25, -0.2) is 8.78 Å². The maximum absolute atomic E-state index is 14.4. The number of carbonyl (C=O) groups excluding carboxylic acids is 2. The van der Waals surface area contributed by atoms with Crippen molar-refractivity contribution < 1.29 is 18.4 Å². The minimum absolute atomic E-state index is 0.0707. The van der Waals surface area contributed by atoms with Gasteiger partial charge in [0.2, 0.25) is 0 Å². The van der Waals surface area contributed by atoms with Gasteiger partial charge in [0.15, 0.2) is 0 Å². The zero-order chi connectivity index (χ0) is 17.6. The third kappa shape index (κ3) is 2.62. The summed E-state index contributed by atoms with van der Waals surface area (Å²) in [5.74, 6) is -2.06. The van der Waals surface area contributed by atoms with E-state index in [9.17, 15) is 18.4 Å². The van der Waals surface area contributed by atoms with E-state index in [1.54, 1.807) is 24.3 Å². The molecule has 0 saturated carbocycles. The zero-order valence-electron chi connectivity index (χ0n) is 13.5. The lowest BCUT2D eigenvalue weighted by molar-refractivity contribution is 0.0639. The van der Waals surface area contributed by atoms with Crippen LogP contribution >= 0.6 is 0 Å². The van der Waals surface area contributed by atoms with Gasteiger partial charge in [-0.3, -0.25) is 19.4 Å². The molecule has 128 valence electrons. The summed E-state index contributed by atoms with van der Waals surface area (Å²) in [6.45, 7) is 1.69. The molecule has 2 aliphatic rings. The number of benzene rings is 2. The largest absolute Gasteiger partial charge is 0.299 e. The van der Waals surface area contributed by atoms with Crippen molar-refractivity contribution in [3.05, 3.63) is 70.3 Å². The second-order valence-corrected chi connectivity index (χ2v) is 6.36. The molecule has 25 heavy (non-hydrogen) atoms. The normalized spacial score (nSPS) is 17.0. The van der Waals surface area contributed by atoms with Gasteiger partial charge in [-0.1, -0.05) is 12.1 Å². The van der Waals surface area contributed by atoms with Gasteiger partial charge in [0.25, 0.3) is 11.8 Å². The van der Waals surface area contributed by atoms with Crippen LogP contribution in [0, 0.1) is 11.6 Å². The van der Waals surface area contributed by atoms with Crippen LogP contribution in [-0.4, -0.2) is 34.7 Å². The van der Waals surface area contributed by atoms with E-state index in [1.165, 1.54) is 0 Å². The van der Waals surface area contributed by atoms with Gasteiger partial charge >= 0.3 is 0 Å². The molecule has 6 heteroatoms. The third-order valence-corrected chi connectivity index (χ3v) is 4.84. The lowest BCUT2D eigenvalue weighted by Crippen LogP contribution is -2.37. The molecule has 1 fully saturated rings. The van der Waals surface area contributed by atoms with Crippen LogP contribution in [-0.2, 0) is 13.1 Å². The number of nitrogens with zero attached hydrogens (tertiary/aromatic N) is 2. The average Bonchev–Trinajstić information content (AvgIpc) is 2.81. The Morgan fingerprint density at radius 1 is 0.800 bits per heavy atom. The van der Waals surface area contributed by atoms with E-state index >= 15 is 0 Å². The van der Waals surface area contributed by atoms with E-state index in [0.717, 1.165) is 36.5 Å². The molecule has 0 atom stereocenters. The lowest BCUT2D eigenvalue weighted by Gasteiger charge is -2.31. The first kappa shape index (κ1) is 15.9. The number of hydrogen-bond acceptors (Lipinski definition) is 3. The minimum atomic E-state index is -0.603. The summed E-state index contributed by atoms with van der Waals surface area (Å²) in [6, 6.07) is 8.62. The standard InChI is InChI=1S/C19H16F2N2O2/c20-16-6-7-17(21)15(14(16)10-22-8-3-9-22)11-23-18(24)12-4-1-2-5-13(12)19(23)25/h1-2,4-7H,3,8-11H2. The van der Waals surface area contributed by atoms with Crippen LogP contribution in [0.2, 0.25) is 0 Å². The third-order valence-electron chi connectivity index (χ3n) is 4.84. The number of rotatable bonds is 4. The Balaban J connectivity index is 1.68. The molecule has 2 aromatic carbocycles. The first-order valence-electron chi connectivity index (χ1n) is 8.19. The molecular formula is C19H16F2N2O2. The van der Waals surface area contributed by atoms with E-state index in [0.29, 0.717) is 11.1 Å². The molecular weight excluding hydrogens is 326 g/mol. The molecule has 0 aliphatic carbocycles. The van der Waals surface area contributed by atoms with Crippen molar-refractivity contribution in [3.63, 3.8) is 0 Å². The highest BCUT2D eigenvalue weighted by atomic mass is 19.1. The number of amides is 2.